The second-order valence-corrected chi connectivity index (χ2v) is 2.98. The van der Waals surface area contributed by atoms with Crippen molar-refractivity contribution >= 4 is 17.2 Å². The largest absolute Gasteiger partial charge is 0.428 e. The van der Waals surface area contributed by atoms with E-state index in [1.165, 1.54) is 0 Å². The normalized spacial score (nSPS) is 8.94. The second kappa shape index (κ2) is 5.31. The van der Waals surface area contributed by atoms with Crippen molar-refractivity contribution in [3.05, 3.63) is 42.0 Å². The summed E-state index contributed by atoms with van der Waals surface area (Å²) >= 11 is 0. The van der Waals surface area contributed by atoms with Crippen molar-refractivity contribution in [1.82, 2.24) is 0 Å². The van der Waals surface area contributed by atoms with Crippen LogP contribution >= 0.6 is 0 Å². The summed E-state index contributed by atoms with van der Waals surface area (Å²) in [6.07, 6.45) is 0. The van der Waals surface area contributed by atoms with Gasteiger partial charge in [-0.1, -0.05) is 24.3 Å². The van der Waals surface area contributed by atoms with Crippen LogP contribution in [0.4, 0.5) is 0 Å². The van der Waals surface area contributed by atoms with E-state index in [9.17, 15) is 4.79 Å². The Kier molecular flexibility index (Phi) is 4.07. The van der Waals surface area contributed by atoms with Crippen LogP contribution in [0.5, 0.6) is 5.75 Å². The van der Waals surface area contributed by atoms with Crippen LogP contribution in [-0.2, 0) is 21.9 Å². The molecular weight excluding hydrogens is 254 g/mol. The number of rotatable bonds is 2. The molecule has 83 valence electrons. The molecule has 2 aromatic rings. The molecule has 0 bridgehead atoms. The molecule has 2 aromatic carbocycles. The molecule has 0 aliphatic rings. The fraction of sp³-hybridized carbons (Fsp3) is 0. The molecule has 0 spiro atoms. The predicted molar refractivity (Wildman–Crippen MR) is 55.4 cm³/mol. The van der Waals surface area contributed by atoms with Crippen molar-refractivity contribution in [2.75, 3.05) is 0 Å². The fourth-order valence-electron chi connectivity index (χ4n) is 1.52. The fourth-order valence-corrected chi connectivity index (χ4v) is 1.52. The Morgan fingerprint density at radius 2 is 1.81 bits per heavy atom. The molecule has 1 radical (unpaired) electrons. The topological polar surface area (TPSA) is 50.1 Å². The summed E-state index contributed by atoms with van der Waals surface area (Å²) in [4.78, 5) is 10.3. The van der Waals surface area contributed by atoms with Crippen LogP contribution in [0.25, 0.3) is 10.8 Å². The summed E-state index contributed by atoms with van der Waals surface area (Å²) in [7, 11) is 0. The van der Waals surface area contributed by atoms with Gasteiger partial charge in [0.1, 0.15) is 5.75 Å². The van der Waals surface area contributed by atoms with Crippen molar-refractivity contribution in [2.24, 2.45) is 0 Å². The van der Waals surface area contributed by atoms with Crippen LogP contribution in [0.1, 0.15) is 5.56 Å². The zero-order valence-electron chi connectivity index (χ0n) is 8.11. The Bertz CT molecular complexity index is 560. The average Bonchev–Trinajstić information content (AvgIpc) is 2.30. The first-order chi connectivity index (χ1) is 7.36. The van der Waals surface area contributed by atoms with E-state index in [4.69, 9.17) is 10.00 Å². The van der Waals surface area contributed by atoms with E-state index in [0.29, 0.717) is 17.8 Å². The van der Waals surface area contributed by atoms with Crippen LogP contribution in [0.15, 0.2) is 36.4 Å². The van der Waals surface area contributed by atoms with E-state index >= 15 is 0 Å². The molecule has 0 atom stereocenters. The number of ether oxygens (including phenoxy) is 1. The van der Waals surface area contributed by atoms with E-state index in [0.717, 1.165) is 10.8 Å². The summed E-state index contributed by atoms with van der Waals surface area (Å²) in [5.41, 5.74) is 0.573. The van der Waals surface area contributed by atoms with Crippen LogP contribution in [0.2, 0.25) is 0 Å². The van der Waals surface area contributed by atoms with Gasteiger partial charge in [-0.2, -0.15) is 5.26 Å². The Morgan fingerprint density at radius 3 is 2.44 bits per heavy atom. The Labute approximate surface area is 103 Å². The first-order valence-corrected chi connectivity index (χ1v) is 4.39. The predicted octanol–water partition coefficient (Wildman–Crippen LogP) is 2.24. The van der Waals surface area contributed by atoms with Crippen LogP contribution in [0.3, 0.4) is 0 Å². The molecule has 0 N–H and O–H groups in total. The minimum atomic E-state index is 0. The maximum absolute atomic E-state index is 10.3. The minimum absolute atomic E-state index is 0. The van der Waals surface area contributed by atoms with Gasteiger partial charge in [0.25, 0.3) is 6.47 Å². The van der Waals surface area contributed by atoms with Gasteiger partial charge in [-0.3, -0.25) is 4.79 Å². The first-order valence-electron chi connectivity index (χ1n) is 4.39. The molecule has 0 saturated heterocycles. The zero-order chi connectivity index (χ0) is 10.7. The maximum atomic E-state index is 10.3. The van der Waals surface area contributed by atoms with E-state index in [1.54, 1.807) is 12.1 Å². The summed E-state index contributed by atoms with van der Waals surface area (Å²) in [5, 5.41) is 10.5. The molecule has 0 fully saturated rings. The van der Waals surface area contributed by atoms with Gasteiger partial charge in [-0.25, -0.2) is 0 Å². The maximum Gasteiger partial charge on any atom is 0.298 e. The van der Waals surface area contributed by atoms with Crippen LogP contribution in [-0.4, -0.2) is 6.47 Å². The van der Waals surface area contributed by atoms with E-state index in [1.807, 2.05) is 24.3 Å². The quantitative estimate of drug-likeness (QED) is 0.615. The SMILES string of the molecule is N#Cc1ccc(OC=O)c2ccccc12.[Cu]. The number of hydrogen-bond donors (Lipinski definition) is 0. The summed E-state index contributed by atoms with van der Waals surface area (Å²) in [6, 6.07) is 12.7. The number of nitrogens with zero attached hydrogens (tertiary/aromatic N) is 1. The molecule has 0 amide bonds. The number of benzene rings is 2. The molecule has 0 unspecified atom stereocenters. The molecule has 0 aliphatic heterocycles. The van der Waals surface area contributed by atoms with Crippen molar-refractivity contribution in [2.45, 2.75) is 0 Å². The molecule has 3 nitrogen and oxygen atoms in total. The number of nitriles is 1. The van der Waals surface area contributed by atoms with Crippen molar-refractivity contribution in [1.29, 1.82) is 5.26 Å². The molecule has 0 aliphatic carbocycles. The molecular formula is C12H7CuNO2. The molecule has 0 aromatic heterocycles. The Morgan fingerprint density at radius 1 is 1.12 bits per heavy atom. The van der Waals surface area contributed by atoms with Crippen molar-refractivity contribution in [3.8, 4) is 11.8 Å². The van der Waals surface area contributed by atoms with E-state index in [2.05, 4.69) is 6.07 Å². The second-order valence-electron chi connectivity index (χ2n) is 2.98. The van der Waals surface area contributed by atoms with Crippen LogP contribution in [0, 0.1) is 11.3 Å². The first kappa shape index (κ1) is 12.3. The smallest absolute Gasteiger partial charge is 0.298 e. The van der Waals surface area contributed by atoms with Gasteiger partial charge in [0.15, 0.2) is 0 Å². The van der Waals surface area contributed by atoms with Gasteiger partial charge in [0, 0.05) is 27.8 Å². The van der Waals surface area contributed by atoms with Gasteiger partial charge in [0.2, 0.25) is 0 Å². The third-order valence-electron chi connectivity index (χ3n) is 2.18. The van der Waals surface area contributed by atoms with E-state index < -0.39 is 0 Å². The zero-order valence-corrected chi connectivity index (χ0v) is 9.05. The summed E-state index contributed by atoms with van der Waals surface area (Å²) < 4.78 is 4.83. The van der Waals surface area contributed by atoms with Crippen LogP contribution < -0.4 is 4.74 Å². The van der Waals surface area contributed by atoms with Gasteiger partial charge < -0.3 is 4.74 Å². The van der Waals surface area contributed by atoms with Gasteiger partial charge in [-0.15, -0.1) is 0 Å². The van der Waals surface area contributed by atoms with Gasteiger partial charge in [-0.05, 0) is 12.1 Å². The standard InChI is InChI=1S/C12H7NO2.Cu/c13-7-9-5-6-12(15-8-14)11-4-2-1-3-10(9)11;/h1-6,8H;. The molecule has 0 saturated carbocycles. The third-order valence-corrected chi connectivity index (χ3v) is 2.18. The Balaban J connectivity index is 0.00000128. The third kappa shape index (κ3) is 2.06. The van der Waals surface area contributed by atoms with Gasteiger partial charge in [0.05, 0.1) is 11.6 Å². The molecule has 2 rings (SSSR count). The number of hydrogen-bond acceptors (Lipinski definition) is 3. The number of fused-ring (bicyclic) bond motifs is 1. The average molecular weight is 261 g/mol. The number of carbonyl (C=O) groups is 1. The minimum Gasteiger partial charge on any atom is -0.428 e. The Hall–Kier alpha value is -1.82. The van der Waals surface area contributed by atoms with Gasteiger partial charge >= 0.3 is 0 Å². The van der Waals surface area contributed by atoms with E-state index in [-0.39, 0.29) is 17.1 Å². The van der Waals surface area contributed by atoms with Crippen molar-refractivity contribution in [3.63, 3.8) is 0 Å². The molecule has 4 heteroatoms. The number of carbonyl (C=O) groups excluding carboxylic acids is 1. The summed E-state index contributed by atoms with van der Waals surface area (Å²) in [5.74, 6) is 0.472. The monoisotopic (exact) mass is 260 g/mol. The molecule has 16 heavy (non-hydrogen) atoms. The molecule has 0 heterocycles. The summed E-state index contributed by atoms with van der Waals surface area (Å²) in [6.45, 7) is 0.383. The van der Waals surface area contributed by atoms with Crippen molar-refractivity contribution < 1.29 is 26.6 Å².